The van der Waals surface area contributed by atoms with Crippen LogP contribution in [0.4, 0.5) is 0 Å². The number of esters is 1. The molecule has 0 bridgehead atoms. The van der Waals surface area contributed by atoms with Crippen molar-refractivity contribution in [2.24, 2.45) is 5.92 Å². The molecule has 0 aromatic rings. The zero-order valence-electron chi connectivity index (χ0n) is 24.8. The second-order valence-electron chi connectivity index (χ2n) is 10.7. The summed E-state index contributed by atoms with van der Waals surface area (Å²) in [5, 5.41) is 32.9. The highest BCUT2D eigenvalue weighted by Gasteiger charge is 2.21. The van der Waals surface area contributed by atoms with Crippen molar-refractivity contribution in [1.29, 1.82) is 0 Å². The van der Waals surface area contributed by atoms with Crippen molar-refractivity contribution < 1.29 is 24.9 Å². The summed E-state index contributed by atoms with van der Waals surface area (Å²) in [6.07, 6.45) is 18.0. The van der Waals surface area contributed by atoms with E-state index in [1.165, 1.54) is 95.7 Å². The molecule has 38 heavy (non-hydrogen) atoms. The van der Waals surface area contributed by atoms with E-state index in [0.29, 0.717) is 13.0 Å². The number of rotatable bonds is 29. The molecule has 0 amide bonds. The zero-order chi connectivity index (χ0) is 28.3. The van der Waals surface area contributed by atoms with Gasteiger partial charge in [0, 0.05) is 42.2 Å². The molecule has 2 unspecified atom stereocenters. The molecule has 0 heterocycles. The number of hydrogen-bond acceptors (Lipinski definition) is 8. The minimum Gasteiger partial charge on any atom is -0.469 e. The van der Waals surface area contributed by atoms with Crippen LogP contribution in [0.5, 0.6) is 0 Å². The number of unbranched alkanes of at least 4 members (excludes halogenated alkanes) is 10. The molecule has 4 atom stereocenters. The van der Waals surface area contributed by atoms with E-state index < -0.39 is 12.2 Å². The minimum absolute atomic E-state index is 0.0900. The van der Waals surface area contributed by atoms with Crippen LogP contribution in [-0.2, 0) is 9.53 Å². The molecule has 6 nitrogen and oxygen atoms in total. The Kier molecular flexibility index (Phi) is 28.5. The number of carbonyl (C=O) groups is 1. The van der Waals surface area contributed by atoms with Crippen LogP contribution >= 0.6 is 23.5 Å². The molecule has 0 fully saturated rings. The summed E-state index contributed by atoms with van der Waals surface area (Å²) in [6.45, 7) is 5.08. The Bertz CT molecular complexity index is 515. The summed E-state index contributed by atoms with van der Waals surface area (Å²) in [5.41, 5.74) is 0. The molecule has 0 aliphatic carbocycles. The Labute approximate surface area is 243 Å². The lowest BCUT2D eigenvalue weighted by Crippen LogP contribution is -2.41. The van der Waals surface area contributed by atoms with Crippen molar-refractivity contribution in [3.05, 3.63) is 0 Å². The second-order valence-corrected chi connectivity index (χ2v) is 13.3. The van der Waals surface area contributed by atoms with Gasteiger partial charge in [-0.25, -0.2) is 0 Å². The lowest BCUT2D eigenvalue weighted by atomic mass is 10.0. The van der Waals surface area contributed by atoms with Crippen LogP contribution < -0.4 is 5.32 Å². The number of aliphatic hydroxyl groups is 3. The molecule has 228 valence electrons. The van der Waals surface area contributed by atoms with Crippen molar-refractivity contribution in [2.75, 3.05) is 44.1 Å². The number of nitrogens with one attached hydrogen (secondary N) is 1. The lowest BCUT2D eigenvalue weighted by Gasteiger charge is -2.22. The van der Waals surface area contributed by atoms with Crippen LogP contribution in [0.1, 0.15) is 117 Å². The quantitative estimate of drug-likeness (QED) is 0.0615. The van der Waals surface area contributed by atoms with Gasteiger partial charge in [-0.3, -0.25) is 4.79 Å². The van der Waals surface area contributed by atoms with E-state index in [1.807, 2.05) is 11.8 Å². The molecule has 0 aliphatic rings. The van der Waals surface area contributed by atoms with Gasteiger partial charge in [0.2, 0.25) is 0 Å². The smallest absolute Gasteiger partial charge is 0.305 e. The van der Waals surface area contributed by atoms with Gasteiger partial charge in [-0.05, 0) is 38.0 Å². The largest absolute Gasteiger partial charge is 0.469 e. The average Bonchev–Trinajstić information content (AvgIpc) is 2.93. The molecule has 0 saturated carbocycles. The highest BCUT2D eigenvalue weighted by Crippen LogP contribution is 2.25. The first-order chi connectivity index (χ1) is 18.5. The molecule has 8 heteroatoms. The predicted octanol–water partition coefficient (Wildman–Crippen LogP) is 6.20. The molecular weight excluding hydrogens is 518 g/mol. The monoisotopic (exact) mass is 579 g/mol. The molecule has 0 saturated heterocycles. The first-order valence-corrected chi connectivity index (χ1v) is 17.6. The summed E-state index contributed by atoms with van der Waals surface area (Å²) in [6, 6.07) is 0. The van der Waals surface area contributed by atoms with Gasteiger partial charge in [-0.2, -0.15) is 23.5 Å². The number of aliphatic hydroxyl groups excluding tert-OH is 3. The van der Waals surface area contributed by atoms with Crippen molar-refractivity contribution in [2.45, 2.75) is 134 Å². The average molecular weight is 580 g/mol. The standard InChI is InChI=1S/C30H61NO5S2/c1-4-5-6-7-8-10-13-17-27(18-14-11-9-12-15-19-29(34)36-3)38-23-22-37-21-16-20-31-24-28(33)30(35)26(2)25-32/h26-28,30-33,35H,4-25H2,1-3H3/t26-,27?,28-,30?/m1/s1. The molecule has 0 rings (SSSR count). The first-order valence-electron chi connectivity index (χ1n) is 15.4. The molecule has 0 radical (unpaired) electrons. The van der Waals surface area contributed by atoms with Gasteiger partial charge in [-0.1, -0.05) is 84.5 Å². The Hall–Kier alpha value is 0.01000. The summed E-state index contributed by atoms with van der Waals surface area (Å²) in [7, 11) is 1.46. The van der Waals surface area contributed by atoms with E-state index in [1.54, 1.807) is 6.92 Å². The predicted molar refractivity (Wildman–Crippen MR) is 166 cm³/mol. The van der Waals surface area contributed by atoms with Crippen LogP contribution in [0.3, 0.4) is 0 Å². The van der Waals surface area contributed by atoms with Crippen LogP contribution in [0, 0.1) is 5.92 Å². The van der Waals surface area contributed by atoms with Crippen LogP contribution in [0.2, 0.25) is 0 Å². The minimum atomic E-state index is -0.889. The molecular formula is C30H61NO5S2. The summed E-state index contributed by atoms with van der Waals surface area (Å²) in [5.74, 6) is 3.09. The van der Waals surface area contributed by atoms with E-state index in [-0.39, 0.29) is 18.5 Å². The fourth-order valence-electron chi connectivity index (χ4n) is 4.45. The van der Waals surface area contributed by atoms with Gasteiger partial charge in [0.25, 0.3) is 0 Å². The van der Waals surface area contributed by atoms with E-state index in [0.717, 1.165) is 36.8 Å². The maximum absolute atomic E-state index is 11.2. The van der Waals surface area contributed by atoms with Crippen molar-refractivity contribution in [1.82, 2.24) is 5.32 Å². The van der Waals surface area contributed by atoms with Crippen LogP contribution in [0.15, 0.2) is 0 Å². The fraction of sp³-hybridized carbons (Fsp3) is 0.967. The summed E-state index contributed by atoms with van der Waals surface area (Å²) < 4.78 is 4.72. The van der Waals surface area contributed by atoms with Gasteiger partial charge < -0.3 is 25.4 Å². The number of methoxy groups -OCH3 is 1. The van der Waals surface area contributed by atoms with Crippen molar-refractivity contribution in [3.8, 4) is 0 Å². The number of ether oxygens (including phenoxy) is 1. The number of thioether (sulfide) groups is 2. The number of hydrogen-bond donors (Lipinski definition) is 4. The van der Waals surface area contributed by atoms with E-state index in [2.05, 4.69) is 24.0 Å². The third-order valence-electron chi connectivity index (χ3n) is 7.11. The summed E-state index contributed by atoms with van der Waals surface area (Å²) >= 11 is 4.18. The maximum Gasteiger partial charge on any atom is 0.305 e. The summed E-state index contributed by atoms with van der Waals surface area (Å²) in [4.78, 5) is 11.2. The highest BCUT2D eigenvalue weighted by atomic mass is 32.2. The molecule has 0 spiro atoms. The third-order valence-corrected chi connectivity index (χ3v) is 9.82. The third kappa shape index (κ3) is 23.9. The Morgan fingerprint density at radius 2 is 1.45 bits per heavy atom. The maximum atomic E-state index is 11.2. The fourth-order valence-corrected chi connectivity index (χ4v) is 6.86. The van der Waals surface area contributed by atoms with Gasteiger partial charge in [-0.15, -0.1) is 0 Å². The SMILES string of the molecule is CCCCCCCCCC(CCCCCCCC(=O)OC)SCCSCCCNC[C@@H](O)C(O)[C@H](C)CO. The van der Waals surface area contributed by atoms with Crippen molar-refractivity contribution >= 4 is 29.5 Å². The van der Waals surface area contributed by atoms with Gasteiger partial charge in [0.1, 0.15) is 0 Å². The number of carbonyl (C=O) groups excluding carboxylic acids is 1. The van der Waals surface area contributed by atoms with Crippen molar-refractivity contribution in [3.63, 3.8) is 0 Å². The topological polar surface area (TPSA) is 99.0 Å². The zero-order valence-corrected chi connectivity index (χ0v) is 26.5. The molecule has 0 aromatic heterocycles. The van der Waals surface area contributed by atoms with Crippen LogP contribution in [0.25, 0.3) is 0 Å². The van der Waals surface area contributed by atoms with Crippen LogP contribution in [-0.4, -0.2) is 82.8 Å². The van der Waals surface area contributed by atoms with E-state index >= 15 is 0 Å². The molecule has 4 N–H and O–H groups in total. The normalized spacial score (nSPS) is 14.8. The van der Waals surface area contributed by atoms with Gasteiger partial charge in [0.15, 0.2) is 0 Å². The molecule has 0 aromatic carbocycles. The Morgan fingerprint density at radius 1 is 0.842 bits per heavy atom. The second kappa shape index (κ2) is 28.5. The van der Waals surface area contributed by atoms with Gasteiger partial charge in [0.05, 0.1) is 19.3 Å². The van der Waals surface area contributed by atoms with E-state index in [4.69, 9.17) is 9.84 Å². The first kappa shape index (κ1) is 38.0. The highest BCUT2D eigenvalue weighted by molar-refractivity contribution is 8.03. The van der Waals surface area contributed by atoms with E-state index in [9.17, 15) is 15.0 Å². The lowest BCUT2D eigenvalue weighted by molar-refractivity contribution is -0.140. The molecule has 0 aliphatic heterocycles. The Morgan fingerprint density at radius 3 is 2.05 bits per heavy atom. The van der Waals surface area contributed by atoms with Gasteiger partial charge >= 0.3 is 5.97 Å². The Balaban J connectivity index is 3.98.